The van der Waals surface area contributed by atoms with Gasteiger partial charge in [-0.3, -0.25) is 0 Å². The monoisotopic (exact) mass is 365 g/mol. The van der Waals surface area contributed by atoms with Crippen molar-refractivity contribution in [2.45, 2.75) is 11.8 Å². The quantitative estimate of drug-likeness (QED) is 0.362. The van der Waals surface area contributed by atoms with Crippen LogP contribution < -0.4 is 0 Å². The van der Waals surface area contributed by atoms with E-state index in [9.17, 15) is 8.78 Å². The van der Waals surface area contributed by atoms with E-state index in [1.807, 2.05) is 36.6 Å². The van der Waals surface area contributed by atoms with E-state index in [0.29, 0.717) is 11.3 Å². The molecular weight excluding hydrogens is 348 g/mol. The molecule has 0 radical (unpaired) electrons. The molecule has 0 aliphatic carbocycles. The number of rotatable bonds is 5. The summed E-state index contributed by atoms with van der Waals surface area (Å²) >= 11 is 1.42. The summed E-state index contributed by atoms with van der Waals surface area (Å²) in [6.45, 7) is 1.99. The smallest absolute Gasteiger partial charge is 0.132 e. The van der Waals surface area contributed by atoms with Crippen molar-refractivity contribution in [3.63, 3.8) is 0 Å². The molecule has 3 aromatic rings. The SMILES string of the molecule is Cc1cccc(N=C(C=CSc2ccc(F)cc2)c2ccccc2F)c1. The largest absolute Gasteiger partial charge is 0.248 e. The maximum atomic E-state index is 14.3. The highest BCUT2D eigenvalue weighted by atomic mass is 32.2. The summed E-state index contributed by atoms with van der Waals surface area (Å²) in [6, 6.07) is 20.5. The number of hydrogen-bond donors (Lipinski definition) is 0. The third kappa shape index (κ3) is 4.90. The van der Waals surface area contributed by atoms with Gasteiger partial charge in [-0.15, -0.1) is 0 Å². The van der Waals surface area contributed by atoms with E-state index in [0.717, 1.165) is 16.1 Å². The molecule has 1 nitrogen and oxygen atoms in total. The number of thioether (sulfide) groups is 1. The molecule has 0 aromatic heterocycles. The molecule has 26 heavy (non-hydrogen) atoms. The minimum atomic E-state index is -0.324. The van der Waals surface area contributed by atoms with Crippen molar-refractivity contribution >= 4 is 23.2 Å². The molecule has 0 amide bonds. The maximum absolute atomic E-state index is 14.3. The van der Waals surface area contributed by atoms with Crippen molar-refractivity contribution < 1.29 is 8.78 Å². The lowest BCUT2D eigenvalue weighted by Crippen LogP contribution is -1.99. The van der Waals surface area contributed by atoms with E-state index in [4.69, 9.17) is 0 Å². The van der Waals surface area contributed by atoms with Crippen LogP contribution in [0, 0.1) is 18.6 Å². The van der Waals surface area contributed by atoms with Crippen LogP contribution in [0.3, 0.4) is 0 Å². The molecule has 0 bridgehead atoms. The number of aliphatic imine (C=N–C) groups is 1. The Morgan fingerprint density at radius 2 is 1.69 bits per heavy atom. The van der Waals surface area contributed by atoms with Crippen molar-refractivity contribution in [3.8, 4) is 0 Å². The summed E-state index contributed by atoms with van der Waals surface area (Å²) in [5, 5.41) is 1.83. The van der Waals surface area contributed by atoms with E-state index in [1.54, 1.807) is 36.4 Å². The van der Waals surface area contributed by atoms with E-state index >= 15 is 0 Å². The molecule has 0 heterocycles. The highest BCUT2D eigenvalue weighted by Crippen LogP contribution is 2.22. The summed E-state index contributed by atoms with van der Waals surface area (Å²) in [5.41, 5.74) is 2.82. The van der Waals surface area contributed by atoms with Gasteiger partial charge in [-0.25, -0.2) is 13.8 Å². The molecule has 130 valence electrons. The minimum absolute atomic E-state index is 0.272. The lowest BCUT2D eigenvalue weighted by molar-refractivity contribution is 0.625. The van der Waals surface area contributed by atoms with Gasteiger partial charge in [0.05, 0.1) is 11.4 Å². The number of benzene rings is 3. The van der Waals surface area contributed by atoms with E-state index < -0.39 is 0 Å². The Morgan fingerprint density at radius 1 is 0.923 bits per heavy atom. The van der Waals surface area contributed by atoms with Crippen LogP contribution in [0.15, 0.2) is 94.2 Å². The molecule has 0 aliphatic rings. The zero-order valence-electron chi connectivity index (χ0n) is 14.2. The molecule has 0 saturated heterocycles. The van der Waals surface area contributed by atoms with Crippen LogP contribution in [0.2, 0.25) is 0 Å². The van der Waals surface area contributed by atoms with Crippen LogP contribution in [0.5, 0.6) is 0 Å². The van der Waals surface area contributed by atoms with Gasteiger partial charge in [0.2, 0.25) is 0 Å². The Balaban J connectivity index is 1.91. The average Bonchev–Trinajstić information content (AvgIpc) is 2.63. The first-order valence-corrected chi connectivity index (χ1v) is 8.99. The van der Waals surface area contributed by atoms with Gasteiger partial charge in [0, 0.05) is 10.5 Å². The molecule has 0 fully saturated rings. The number of allylic oxidation sites excluding steroid dienone is 1. The standard InChI is InChI=1S/C22H17F2NS/c1-16-5-4-6-18(15-16)25-22(20-7-2-3-8-21(20)24)13-14-26-19-11-9-17(23)10-12-19/h2-15H,1H3. The first-order valence-electron chi connectivity index (χ1n) is 8.11. The number of hydrogen-bond acceptors (Lipinski definition) is 2. The van der Waals surface area contributed by atoms with E-state index in [1.165, 1.54) is 30.0 Å². The van der Waals surface area contributed by atoms with Crippen LogP contribution in [-0.2, 0) is 0 Å². The molecule has 3 rings (SSSR count). The van der Waals surface area contributed by atoms with Crippen molar-refractivity contribution in [2.24, 2.45) is 4.99 Å². The number of aryl methyl sites for hydroxylation is 1. The second-order valence-electron chi connectivity index (χ2n) is 5.69. The number of halogens is 2. The maximum Gasteiger partial charge on any atom is 0.132 e. The lowest BCUT2D eigenvalue weighted by Gasteiger charge is -2.05. The first-order chi connectivity index (χ1) is 12.6. The molecule has 0 saturated carbocycles. The van der Waals surface area contributed by atoms with Gasteiger partial charge >= 0.3 is 0 Å². The second kappa shape index (κ2) is 8.59. The molecule has 0 spiro atoms. The third-order valence-electron chi connectivity index (χ3n) is 3.64. The second-order valence-corrected chi connectivity index (χ2v) is 6.67. The molecule has 3 aromatic carbocycles. The van der Waals surface area contributed by atoms with Crippen LogP contribution in [0.4, 0.5) is 14.5 Å². The Labute approximate surface area is 156 Å². The van der Waals surface area contributed by atoms with Gasteiger partial charge in [-0.2, -0.15) is 0 Å². The fourth-order valence-electron chi connectivity index (χ4n) is 2.38. The summed E-state index contributed by atoms with van der Waals surface area (Å²) in [4.78, 5) is 5.51. The Bertz CT molecular complexity index is 946. The summed E-state index contributed by atoms with van der Waals surface area (Å²) < 4.78 is 27.2. The lowest BCUT2D eigenvalue weighted by atomic mass is 10.1. The highest BCUT2D eigenvalue weighted by Gasteiger charge is 2.07. The van der Waals surface area contributed by atoms with E-state index in [2.05, 4.69) is 4.99 Å². The van der Waals surface area contributed by atoms with Crippen LogP contribution in [-0.4, -0.2) is 5.71 Å². The van der Waals surface area contributed by atoms with Crippen molar-refractivity contribution in [1.82, 2.24) is 0 Å². The Kier molecular flexibility index (Phi) is 5.97. The normalized spacial score (nSPS) is 11.9. The zero-order valence-corrected chi connectivity index (χ0v) is 15.0. The molecular formula is C22H17F2NS. The van der Waals surface area contributed by atoms with Gasteiger partial charge < -0.3 is 0 Å². The molecule has 0 unspecified atom stereocenters. The first kappa shape index (κ1) is 18.1. The van der Waals surface area contributed by atoms with E-state index in [-0.39, 0.29) is 11.6 Å². The predicted octanol–water partition coefficient (Wildman–Crippen LogP) is 6.70. The molecule has 0 aliphatic heterocycles. The number of nitrogens with zero attached hydrogens (tertiary/aromatic N) is 1. The third-order valence-corrected chi connectivity index (χ3v) is 4.46. The van der Waals surface area contributed by atoms with Crippen molar-refractivity contribution in [2.75, 3.05) is 0 Å². The van der Waals surface area contributed by atoms with Gasteiger partial charge in [-0.05, 0) is 72.5 Å². The highest BCUT2D eigenvalue weighted by molar-refractivity contribution is 8.02. The topological polar surface area (TPSA) is 12.4 Å². The fraction of sp³-hybridized carbons (Fsp3) is 0.0455. The van der Waals surface area contributed by atoms with Gasteiger partial charge in [0.15, 0.2) is 0 Å². The Hall–Kier alpha value is -2.72. The summed E-state index contributed by atoms with van der Waals surface area (Å²) in [5.74, 6) is -0.596. The minimum Gasteiger partial charge on any atom is -0.248 e. The zero-order chi connectivity index (χ0) is 18.4. The average molecular weight is 365 g/mol. The summed E-state index contributed by atoms with van der Waals surface area (Å²) in [7, 11) is 0. The molecule has 0 atom stereocenters. The summed E-state index contributed by atoms with van der Waals surface area (Å²) in [6.07, 6.45) is 1.77. The molecule has 0 N–H and O–H groups in total. The molecule has 4 heteroatoms. The van der Waals surface area contributed by atoms with Crippen molar-refractivity contribution in [1.29, 1.82) is 0 Å². The predicted molar refractivity (Wildman–Crippen MR) is 105 cm³/mol. The van der Waals surface area contributed by atoms with Gasteiger partial charge in [0.25, 0.3) is 0 Å². The van der Waals surface area contributed by atoms with Gasteiger partial charge in [-0.1, -0.05) is 36.0 Å². The Morgan fingerprint density at radius 3 is 2.42 bits per heavy atom. The van der Waals surface area contributed by atoms with Crippen LogP contribution in [0.1, 0.15) is 11.1 Å². The van der Waals surface area contributed by atoms with Crippen molar-refractivity contribution in [3.05, 3.63) is 107 Å². The van der Waals surface area contributed by atoms with Gasteiger partial charge in [0.1, 0.15) is 11.6 Å². The fourth-order valence-corrected chi connectivity index (χ4v) is 3.03. The van der Waals surface area contributed by atoms with Crippen LogP contribution in [0.25, 0.3) is 0 Å². The van der Waals surface area contributed by atoms with Crippen LogP contribution >= 0.6 is 11.8 Å².